The lowest BCUT2D eigenvalue weighted by Gasteiger charge is -2.41. The number of allylic oxidation sites excluding steroid dienone is 2. The van der Waals surface area contributed by atoms with Gasteiger partial charge in [-0.1, -0.05) is 109 Å². The zero-order valence-corrected chi connectivity index (χ0v) is 57.1. The molecule has 23 nitrogen and oxygen atoms in total. The van der Waals surface area contributed by atoms with Crippen LogP contribution in [0.4, 0.5) is 0 Å². The first-order valence-electron chi connectivity index (χ1n) is 31.4. The Morgan fingerprint density at radius 1 is 0.460 bits per heavy atom. The van der Waals surface area contributed by atoms with Crippen LogP contribution in [0.15, 0.2) is 12.2 Å². The Kier molecular flexibility index (Phi) is 33.0. The van der Waals surface area contributed by atoms with Gasteiger partial charge in [0.1, 0.15) is 60.4 Å². The van der Waals surface area contributed by atoms with Crippen molar-refractivity contribution in [3.63, 3.8) is 0 Å². The summed E-state index contributed by atoms with van der Waals surface area (Å²) in [5, 5.41) is 20.2. The number of nitriles is 1. The molecule has 0 radical (unpaired) electrons. The standard InChI is InChI=1S/C64H112N12O11/c1-24-46-60(83)70(17)36-52(77)71(18)47(31-37(2)3)58(81)69-53(41(10)11)63(86)72(19)48(32-38(4)5)56(79)66-44(15)55(78)67-45(16)59(82)74(21)50(33-39(6)7)61(84)75(22)51(34-40(8)9)62(85)76(23)54(42(12)13)64(87)73(20)49(57(80)68-46)35-43(14)29-27-25-26-28-30-65/h25,27,37-51,53-54H,24,26,28-29,31-36H2,1-23H3,(H,66,79)(H,67,78)(H,68,80)(H,69,81)/b27-25+/t43-,44-,45+,46?,47+,48-,49?,50-,51+,53-,54?/m1/s1. The zero-order chi connectivity index (χ0) is 67.2. The highest BCUT2D eigenvalue weighted by atomic mass is 16.2. The van der Waals surface area contributed by atoms with E-state index >= 15 is 9.59 Å². The number of carbonyl (C=O) groups is 11. The number of nitrogens with zero attached hydrogens (tertiary/aromatic N) is 8. The van der Waals surface area contributed by atoms with E-state index in [0.29, 0.717) is 19.3 Å². The van der Waals surface area contributed by atoms with Crippen LogP contribution in [-0.4, -0.2) is 216 Å². The maximum Gasteiger partial charge on any atom is 0.246 e. The molecule has 11 atom stereocenters. The van der Waals surface area contributed by atoms with Crippen LogP contribution in [-0.2, 0) is 52.7 Å². The van der Waals surface area contributed by atoms with Gasteiger partial charge in [0, 0.05) is 55.8 Å². The van der Waals surface area contributed by atoms with Crippen LogP contribution in [0.3, 0.4) is 0 Å². The lowest BCUT2D eigenvalue weighted by Crippen LogP contribution is -2.61. The molecular formula is C64H112N12O11. The van der Waals surface area contributed by atoms with Crippen LogP contribution in [0, 0.1) is 52.8 Å². The van der Waals surface area contributed by atoms with Gasteiger partial charge in [0.2, 0.25) is 65.0 Å². The van der Waals surface area contributed by atoms with E-state index in [0.717, 1.165) is 4.90 Å². The first-order chi connectivity index (χ1) is 40.3. The van der Waals surface area contributed by atoms with E-state index in [1.54, 1.807) is 34.6 Å². The Labute approximate surface area is 521 Å². The summed E-state index contributed by atoms with van der Waals surface area (Å²) in [4.78, 5) is 169. The number of rotatable bonds is 17. The molecule has 4 N–H and O–H groups in total. The van der Waals surface area contributed by atoms with Crippen molar-refractivity contribution < 1.29 is 52.7 Å². The van der Waals surface area contributed by atoms with Gasteiger partial charge in [0.05, 0.1) is 12.6 Å². The second-order valence-electron chi connectivity index (χ2n) is 26.6. The summed E-state index contributed by atoms with van der Waals surface area (Å²) >= 11 is 0. The Morgan fingerprint density at radius 3 is 1.34 bits per heavy atom. The van der Waals surface area contributed by atoms with Gasteiger partial charge in [0.25, 0.3) is 0 Å². The van der Waals surface area contributed by atoms with E-state index in [9.17, 15) is 43.2 Å². The van der Waals surface area contributed by atoms with Gasteiger partial charge >= 0.3 is 0 Å². The monoisotopic (exact) mass is 1220 g/mol. The molecule has 87 heavy (non-hydrogen) atoms. The molecule has 3 unspecified atom stereocenters. The largest absolute Gasteiger partial charge is 0.343 e. The summed E-state index contributed by atoms with van der Waals surface area (Å²) in [6.45, 7) is 28.0. The number of unbranched alkanes of at least 4 members (excludes halogenated alkanes) is 1. The van der Waals surface area contributed by atoms with Crippen LogP contribution >= 0.6 is 0 Å². The van der Waals surface area contributed by atoms with Crippen molar-refractivity contribution in [1.82, 2.24) is 55.6 Å². The summed E-state index contributed by atoms with van der Waals surface area (Å²) in [7, 11) is 10.2. The first-order valence-corrected chi connectivity index (χ1v) is 31.4. The average molecular weight is 1230 g/mol. The SMILES string of the molecule is CCC1NC(=O)C(C[C@H](C)C/C=C/CCC#N)N(C)C(=O)C(C(C)C)N(C)C(=O)[C@H](CC(C)C)N(C)C(=O)[C@@H](CC(C)C)N(C)C(=O)[C@H](C)NC(=O)[C@@H](C)NC(=O)[C@@H](CC(C)C)N(C)C(=O)[C@@H](C(C)C)NC(=O)[C@H](CC(C)C)N(C)C(=O)CN(C)C1=O. The third-order valence-electron chi connectivity index (χ3n) is 16.3. The van der Waals surface area contributed by atoms with Crippen molar-refractivity contribution >= 4 is 65.0 Å². The van der Waals surface area contributed by atoms with E-state index in [-0.39, 0.29) is 68.1 Å². The van der Waals surface area contributed by atoms with Crippen molar-refractivity contribution in [2.75, 3.05) is 55.9 Å². The quantitative estimate of drug-likeness (QED) is 0.115. The molecule has 0 spiro atoms. The smallest absolute Gasteiger partial charge is 0.246 e. The molecule has 1 rings (SSSR count). The highest BCUT2D eigenvalue weighted by Gasteiger charge is 2.44. The fraction of sp³-hybridized carbons (Fsp3) is 0.781. The zero-order valence-electron chi connectivity index (χ0n) is 57.1. The minimum absolute atomic E-state index is 0.0853. The maximum absolute atomic E-state index is 15.2. The second kappa shape index (κ2) is 36.6. The normalized spacial score (nSPS) is 26.1. The third-order valence-corrected chi connectivity index (χ3v) is 16.3. The molecule has 0 bridgehead atoms. The predicted molar refractivity (Wildman–Crippen MR) is 336 cm³/mol. The number of hydrogen-bond acceptors (Lipinski definition) is 12. The first kappa shape index (κ1) is 78.4. The summed E-state index contributed by atoms with van der Waals surface area (Å²) in [6, 6.07) is -9.52. The van der Waals surface area contributed by atoms with Gasteiger partial charge in [-0.15, -0.1) is 0 Å². The van der Waals surface area contributed by atoms with Crippen molar-refractivity contribution in [3.05, 3.63) is 12.2 Å². The van der Waals surface area contributed by atoms with Crippen molar-refractivity contribution in [2.45, 2.75) is 229 Å². The Bertz CT molecular complexity index is 2420. The third kappa shape index (κ3) is 23.5. The summed E-state index contributed by atoms with van der Waals surface area (Å²) in [6.07, 6.45) is 6.01. The molecule has 1 heterocycles. The molecule has 0 aromatic heterocycles. The number of amides is 11. The maximum atomic E-state index is 15.2. The van der Waals surface area contributed by atoms with Crippen molar-refractivity contribution in [3.8, 4) is 6.07 Å². The molecule has 494 valence electrons. The Balaban J connectivity index is 4.30. The van der Waals surface area contributed by atoms with Crippen LogP contribution in [0.25, 0.3) is 0 Å². The van der Waals surface area contributed by atoms with E-state index < -0.39 is 144 Å². The van der Waals surface area contributed by atoms with Crippen LogP contribution < -0.4 is 21.3 Å². The molecule has 0 aromatic rings. The molecule has 0 aromatic carbocycles. The number of likely N-dealkylation sites (N-methyl/N-ethyl adjacent to an activating group) is 7. The van der Waals surface area contributed by atoms with Crippen LogP contribution in [0.1, 0.15) is 169 Å². The van der Waals surface area contributed by atoms with E-state index in [2.05, 4.69) is 27.3 Å². The van der Waals surface area contributed by atoms with Gasteiger partial charge in [-0.05, 0) is 107 Å². The van der Waals surface area contributed by atoms with E-state index in [1.165, 1.54) is 92.6 Å². The molecule has 0 saturated carbocycles. The number of hydrogen-bond donors (Lipinski definition) is 4. The van der Waals surface area contributed by atoms with Gasteiger partial charge in [0.15, 0.2) is 0 Å². The Hall–Kier alpha value is -6.60. The van der Waals surface area contributed by atoms with Gasteiger partial charge in [-0.2, -0.15) is 5.26 Å². The Morgan fingerprint density at radius 2 is 0.874 bits per heavy atom. The van der Waals surface area contributed by atoms with Crippen molar-refractivity contribution in [1.29, 1.82) is 5.26 Å². The molecule has 11 amide bonds. The van der Waals surface area contributed by atoms with Crippen LogP contribution in [0.5, 0.6) is 0 Å². The summed E-state index contributed by atoms with van der Waals surface area (Å²) < 4.78 is 0. The van der Waals surface area contributed by atoms with Crippen LogP contribution in [0.2, 0.25) is 0 Å². The summed E-state index contributed by atoms with van der Waals surface area (Å²) in [5.74, 6) is -8.65. The molecular weight excluding hydrogens is 1110 g/mol. The molecule has 1 aliphatic heterocycles. The lowest BCUT2D eigenvalue weighted by molar-refractivity contribution is -0.156. The molecule has 1 aliphatic rings. The fourth-order valence-electron chi connectivity index (χ4n) is 10.9. The minimum Gasteiger partial charge on any atom is -0.343 e. The topological polar surface area (TPSA) is 282 Å². The van der Waals surface area contributed by atoms with Gasteiger partial charge in [-0.25, -0.2) is 0 Å². The predicted octanol–water partition coefficient (Wildman–Crippen LogP) is 4.58. The minimum atomic E-state index is -1.22. The van der Waals surface area contributed by atoms with E-state index in [4.69, 9.17) is 5.26 Å². The highest BCUT2D eigenvalue weighted by Crippen LogP contribution is 2.25. The second-order valence-corrected chi connectivity index (χ2v) is 26.6. The summed E-state index contributed by atoms with van der Waals surface area (Å²) in [5.41, 5.74) is 0. The number of carbonyl (C=O) groups excluding carboxylic acids is 11. The average Bonchev–Trinajstić information content (AvgIpc) is 1.29. The highest BCUT2D eigenvalue weighted by molar-refractivity contribution is 5.99. The van der Waals surface area contributed by atoms with Gasteiger partial charge < -0.3 is 55.6 Å². The van der Waals surface area contributed by atoms with E-state index in [1.807, 2.05) is 74.5 Å². The lowest BCUT2D eigenvalue weighted by atomic mass is 9.93. The number of nitrogens with one attached hydrogen (secondary N) is 4. The molecule has 1 saturated heterocycles. The molecule has 1 fully saturated rings. The molecule has 23 heteroatoms. The van der Waals surface area contributed by atoms with Crippen molar-refractivity contribution in [2.24, 2.45) is 41.4 Å². The molecule has 0 aliphatic carbocycles. The fourth-order valence-corrected chi connectivity index (χ4v) is 10.9. The van der Waals surface area contributed by atoms with Gasteiger partial charge in [-0.3, -0.25) is 52.7 Å².